The van der Waals surface area contributed by atoms with Gasteiger partial charge in [-0.3, -0.25) is 0 Å². The summed E-state index contributed by atoms with van der Waals surface area (Å²) in [5.74, 6) is 0.728. The number of furan rings is 1. The van der Waals surface area contributed by atoms with Gasteiger partial charge in [0.25, 0.3) is 0 Å². The van der Waals surface area contributed by atoms with Crippen LogP contribution in [0.4, 0.5) is 0 Å². The molecule has 0 saturated heterocycles. The molecule has 0 aliphatic heterocycles. The second-order valence-electron chi connectivity index (χ2n) is 5.97. The van der Waals surface area contributed by atoms with Crippen molar-refractivity contribution in [3.05, 3.63) is 83.1 Å². The van der Waals surface area contributed by atoms with Gasteiger partial charge in [0, 0.05) is 28.3 Å². The van der Waals surface area contributed by atoms with Crippen LogP contribution in [0.5, 0.6) is 0 Å². The molecule has 0 saturated carbocycles. The van der Waals surface area contributed by atoms with Gasteiger partial charge in [-0.2, -0.15) is 0 Å². The Morgan fingerprint density at radius 3 is 2.19 bits per heavy atom. The molecular formula is C21H11NOS3. The van der Waals surface area contributed by atoms with Crippen molar-refractivity contribution in [1.82, 2.24) is 4.98 Å². The van der Waals surface area contributed by atoms with E-state index in [0.717, 1.165) is 47.5 Å². The average molecular weight is 390 g/mol. The normalized spacial score (nSPS) is 13.5. The van der Waals surface area contributed by atoms with Crippen LogP contribution in [0.15, 0.2) is 70.7 Å². The quantitative estimate of drug-likeness (QED) is 0.306. The van der Waals surface area contributed by atoms with Gasteiger partial charge in [-0.15, -0.1) is 11.3 Å². The maximum Gasteiger partial charge on any atom is 0.238 e. The molecule has 0 amide bonds. The van der Waals surface area contributed by atoms with Gasteiger partial charge in [0.15, 0.2) is 0 Å². The van der Waals surface area contributed by atoms with E-state index < -0.39 is 0 Å². The van der Waals surface area contributed by atoms with Crippen molar-refractivity contribution < 1.29 is 4.42 Å². The third-order valence-corrected chi connectivity index (χ3v) is 6.23. The number of hydrogen-bond donors (Lipinski definition) is 0. The number of thiazole rings is 1. The molecule has 2 aromatic carbocycles. The summed E-state index contributed by atoms with van der Waals surface area (Å²) < 4.78 is 6.95. The molecule has 2 nitrogen and oxygen atoms in total. The fraction of sp³-hybridized carbons (Fsp3) is 0. The van der Waals surface area contributed by atoms with Gasteiger partial charge in [-0.1, -0.05) is 79.0 Å². The smallest absolute Gasteiger partial charge is 0.238 e. The number of rotatable bonds is 2. The highest BCUT2D eigenvalue weighted by Gasteiger charge is 2.26. The van der Waals surface area contributed by atoms with Crippen LogP contribution in [0, 0.1) is 0 Å². The van der Waals surface area contributed by atoms with Crippen molar-refractivity contribution in [1.29, 1.82) is 0 Å². The highest BCUT2D eigenvalue weighted by molar-refractivity contribution is 7.84. The predicted octanol–water partition coefficient (Wildman–Crippen LogP) is 6.09. The third-order valence-electron chi connectivity index (χ3n) is 4.32. The lowest BCUT2D eigenvalue weighted by Crippen LogP contribution is -1.97. The summed E-state index contributed by atoms with van der Waals surface area (Å²) >= 11 is 12.8. The molecule has 0 spiro atoms. The standard InChI is InChI=1S/C21H11NOS3/c24-18-14-8-4-5-9-15(14)19(25)16(18)10-13-11-17-20(23-13)22-21(26-17)12-6-2-1-3-7-12/h1-11H. The molecule has 124 valence electrons. The van der Waals surface area contributed by atoms with Crippen molar-refractivity contribution in [3.8, 4) is 10.6 Å². The SMILES string of the molecule is S=C1C(=Cc2cc3sc(-c4ccccc4)nc3o2)C(=S)c2ccccc21. The van der Waals surface area contributed by atoms with Crippen molar-refractivity contribution in [3.63, 3.8) is 0 Å². The zero-order chi connectivity index (χ0) is 17.7. The lowest BCUT2D eigenvalue weighted by Gasteiger charge is -1.96. The summed E-state index contributed by atoms with van der Waals surface area (Å²) in [5.41, 5.74) is 4.67. The van der Waals surface area contributed by atoms with E-state index in [0.29, 0.717) is 5.71 Å². The van der Waals surface area contributed by atoms with E-state index in [1.165, 1.54) is 0 Å². The maximum absolute atomic E-state index is 5.93. The van der Waals surface area contributed by atoms with Crippen LogP contribution in [0.2, 0.25) is 0 Å². The summed E-state index contributed by atoms with van der Waals surface area (Å²) in [6.45, 7) is 0. The van der Waals surface area contributed by atoms with E-state index >= 15 is 0 Å². The zero-order valence-corrected chi connectivity index (χ0v) is 15.9. The Labute approximate surface area is 164 Å². The average Bonchev–Trinajstić information content (AvgIpc) is 3.30. The summed E-state index contributed by atoms with van der Waals surface area (Å²) in [6.07, 6.45) is 1.93. The van der Waals surface area contributed by atoms with Gasteiger partial charge in [0.05, 0.1) is 14.4 Å². The van der Waals surface area contributed by atoms with Crippen LogP contribution >= 0.6 is 35.8 Å². The number of aromatic nitrogens is 1. The van der Waals surface area contributed by atoms with Gasteiger partial charge < -0.3 is 4.42 Å². The molecule has 1 aliphatic rings. The number of hydrogen-bond acceptors (Lipinski definition) is 5. The monoisotopic (exact) mass is 389 g/mol. The van der Waals surface area contributed by atoms with Gasteiger partial charge in [-0.25, -0.2) is 4.98 Å². The summed E-state index contributed by atoms with van der Waals surface area (Å²) in [6, 6.07) is 20.1. The lowest BCUT2D eigenvalue weighted by molar-refractivity contribution is 0.593. The lowest BCUT2D eigenvalue weighted by atomic mass is 10.1. The number of fused-ring (bicyclic) bond motifs is 2. The van der Waals surface area contributed by atoms with Crippen molar-refractivity contribution in [2.24, 2.45) is 0 Å². The molecule has 0 atom stereocenters. The molecule has 0 N–H and O–H groups in total. The fourth-order valence-electron chi connectivity index (χ4n) is 3.07. The molecule has 4 aromatic rings. The van der Waals surface area contributed by atoms with Crippen LogP contribution in [0.1, 0.15) is 16.9 Å². The van der Waals surface area contributed by atoms with E-state index in [1.807, 2.05) is 66.7 Å². The first-order valence-corrected chi connectivity index (χ1v) is 9.70. The van der Waals surface area contributed by atoms with Crippen LogP contribution in [-0.2, 0) is 0 Å². The van der Waals surface area contributed by atoms with E-state index in [9.17, 15) is 0 Å². The molecule has 0 radical (unpaired) electrons. The van der Waals surface area contributed by atoms with E-state index in [2.05, 4.69) is 4.98 Å². The molecule has 0 unspecified atom stereocenters. The van der Waals surface area contributed by atoms with E-state index in [4.69, 9.17) is 28.9 Å². The minimum absolute atomic E-state index is 0.646. The van der Waals surface area contributed by atoms with Gasteiger partial charge >= 0.3 is 0 Å². The molecular weight excluding hydrogens is 378 g/mol. The fourth-order valence-corrected chi connectivity index (χ4v) is 4.76. The molecule has 0 fully saturated rings. The Morgan fingerprint density at radius 1 is 0.885 bits per heavy atom. The van der Waals surface area contributed by atoms with Crippen molar-refractivity contribution in [2.75, 3.05) is 0 Å². The molecule has 5 heteroatoms. The second kappa shape index (κ2) is 6.06. The first kappa shape index (κ1) is 15.8. The number of thiocarbonyl (C=S) groups is 2. The molecule has 1 aliphatic carbocycles. The summed E-state index contributed by atoms with van der Waals surface area (Å²) in [5, 5.41) is 0.956. The van der Waals surface area contributed by atoms with Crippen LogP contribution in [-0.4, -0.2) is 14.7 Å². The third kappa shape index (κ3) is 2.48. The molecule has 0 bridgehead atoms. The largest absolute Gasteiger partial charge is 0.437 e. The number of nitrogens with zero attached hydrogens (tertiary/aromatic N) is 1. The van der Waals surface area contributed by atoms with Gasteiger partial charge in [-0.05, 0) is 6.08 Å². The Balaban J connectivity index is 1.53. The highest BCUT2D eigenvalue weighted by atomic mass is 32.1. The van der Waals surface area contributed by atoms with E-state index in [-0.39, 0.29) is 0 Å². The van der Waals surface area contributed by atoms with Crippen LogP contribution in [0.3, 0.4) is 0 Å². The minimum Gasteiger partial charge on any atom is -0.437 e. The summed E-state index contributed by atoms with van der Waals surface area (Å²) in [4.78, 5) is 6.17. The minimum atomic E-state index is 0.646. The second-order valence-corrected chi connectivity index (χ2v) is 7.81. The zero-order valence-electron chi connectivity index (χ0n) is 13.4. The van der Waals surface area contributed by atoms with Gasteiger partial charge in [0.1, 0.15) is 10.8 Å². The molecule has 2 aromatic heterocycles. The van der Waals surface area contributed by atoms with Crippen molar-refractivity contribution in [2.45, 2.75) is 0 Å². The molecule has 2 heterocycles. The topological polar surface area (TPSA) is 26.0 Å². The Kier molecular flexibility index (Phi) is 3.67. The number of benzene rings is 2. The Bertz CT molecular complexity index is 1150. The number of allylic oxidation sites excluding steroid dienone is 1. The Morgan fingerprint density at radius 2 is 1.54 bits per heavy atom. The van der Waals surface area contributed by atoms with Crippen LogP contribution in [0.25, 0.3) is 27.1 Å². The Hall–Kier alpha value is -2.47. The maximum atomic E-state index is 5.93. The van der Waals surface area contributed by atoms with E-state index in [1.54, 1.807) is 11.3 Å². The molecule has 5 rings (SSSR count). The van der Waals surface area contributed by atoms with Gasteiger partial charge in [0.2, 0.25) is 5.71 Å². The van der Waals surface area contributed by atoms with Crippen molar-refractivity contribution >= 4 is 62.0 Å². The first-order valence-electron chi connectivity index (χ1n) is 8.06. The highest BCUT2D eigenvalue weighted by Crippen LogP contribution is 2.34. The summed E-state index contributed by atoms with van der Waals surface area (Å²) in [7, 11) is 0. The predicted molar refractivity (Wildman–Crippen MR) is 115 cm³/mol. The first-order chi connectivity index (χ1) is 12.7. The van der Waals surface area contributed by atoms with Crippen LogP contribution < -0.4 is 0 Å². The molecule has 26 heavy (non-hydrogen) atoms.